The van der Waals surface area contributed by atoms with E-state index in [1.807, 2.05) is 29.9 Å². The predicted molar refractivity (Wildman–Crippen MR) is 155 cm³/mol. The van der Waals surface area contributed by atoms with Gasteiger partial charge in [0, 0.05) is 36.5 Å². The van der Waals surface area contributed by atoms with Crippen LogP contribution in [-0.2, 0) is 26.7 Å². The highest BCUT2D eigenvalue weighted by molar-refractivity contribution is 7.20. The summed E-state index contributed by atoms with van der Waals surface area (Å²) in [6.07, 6.45) is 5.41. The van der Waals surface area contributed by atoms with Gasteiger partial charge in [0.25, 0.3) is 0 Å². The molecule has 0 radical (unpaired) electrons. The van der Waals surface area contributed by atoms with E-state index in [4.69, 9.17) is 21.3 Å². The van der Waals surface area contributed by atoms with Crippen molar-refractivity contribution in [1.82, 2.24) is 29.0 Å². The first kappa shape index (κ1) is 27.6. The second-order valence-electron chi connectivity index (χ2n) is 10.3. The third-order valence-electron chi connectivity index (χ3n) is 7.63. The summed E-state index contributed by atoms with van der Waals surface area (Å²) in [4.78, 5) is 32.0. The van der Waals surface area contributed by atoms with Crippen molar-refractivity contribution in [3.63, 3.8) is 0 Å². The number of fused-ring (bicyclic) bond motifs is 1. The topological polar surface area (TPSA) is 103 Å². The van der Waals surface area contributed by atoms with Crippen LogP contribution < -0.4 is 4.74 Å². The standard InChI is InChI=1S/C30H28FN7O3S/c1-32-21-7-6-20(23(31)12-21)17-41-28-5-3-4-24(34-28)19-8-10-37(11-9-19)16-27-35-29-25(13-26(42-29)30(39)40)38(27)15-22-14-33-18-36(22)2/h3-7,12-14,18-19H,8-11,15-17H2,2H3,(H,39,40). The van der Waals surface area contributed by atoms with Gasteiger partial charge in [-0.2, -0.15) is 0 Å². The first-order valence-electron chi connectivity index (χ1n) is 13.5. The van der Waals surface area contributed by atoms with E-state index in [-0.39, 0.29) is 23.1 Å². The number of pyridine rings is 1. The van der Waals surface area contributed by atoms with E-state index in [0.717, 1.165) is 53.5 Å². The van der Waals surface area contributed by atoms with Crippen molar-refractivity contribution in [3.05, 3.63) is 99.9 Å². The van der Waals surface area contributed by atoms with E-state index in [1.165, 1.54) is 17.4 Å². The second-order valence-corrected chi connectivity index (χ2v) is 11.4. The number of carboxylic acids is 1. The highest BCUT2D eigenvalue weighted by atomic mass is 32.1. The minimum absolute atomic E-state index is 0.0376. The SMILES string of the molecule is [C-]#[N+]c1ccc(COc2cccc(C3CCN(Cc4nc5sc(C(=O)O)cc5n4Cc4cncn4C)CC3)n2)c(F)c1. The lowest BCUT2D eigenvalue weighted by molar-refractivity contribution is 0.0702. The van der Waals surface area contributed by atoms with E-state index in [1.54, 1.807) is 30.6 Å². The molecule has 12 heteroatoms. The van der Waals surface area contributed by atoms with E-state index < -0.39 is 11.8 Å². The summed E-state index contributed by atoms with van der Waals surface area (Å²) in [5.41, 5.74) is 3.42. The van der Waals surface area contributed by atoms with Gasteiger partial charge in [-0.25, -0.2) is 29.0 Å². The number of halogens is 1. The summed E-state index contributed by atoms with van der Waals surface area (Å²) in [7, 11) is 1.94. The molecule has 0 bridgehead atoms. The summed E-state index contributed by atoms with van der Waals surface area (Å²) in [6, 6.07) is 11.8. The number of nitrogens with zero attached hydrogens (tertiary/aromatic N) is 7. The van der Waals surface area contributed by atoms with Gasteiger partial charge in [-0.1, -0.05) is 18.2 Å². The van der Waals surface area contributed by atoms with Crippen LogP contribution in [0.4, 0.5) is 10.1 Å². The van der Waals surface area contributed by atoms with Crippen LogP contribution in [0.5, 0.6) is 5.88 Å². The highest BCUT2D eigenvalue weighted by Gasteiger charge is 2.25. The van der Waals surface area contributed by atoms with Gasteiger partial charge in [0.05, 0.1) is 37.2 Å². The normalized spacial score (nSPS) is 14.3. The molecule has 4 aromatic heterocycles. The summed E-state index contributed by atoms with van der Waals surface area (Å²) in [6.45, 7) is 9.99. The smallest absolute Gasteiger partial charge is 0.346 e. The largest absolute Gasteiger partial charge is 0.477 e. The Morgan fingerprint density at radius 1 is 1.19 bits per heavy atom. The molecular weight excluding hydrogens is 557 g/mol. The van der Waals surface area contributed by atoms with Crippen LogP contribution in [0.25, 0.3) is 15.2 Å². The third kappa shape index (κ3) is 5.74. The van der Waals surface area contributed by atoms with Gasteiger partial charge in [-0.3, -0.25) is 4.90 Å². The van der Waals surface area contributed by atoms with Crippen LogP contribution in [0.15, 0.2) is 55.0 Å². The Kier molecular flexibility index (Phi) is 7.69. The average molecular weight is 586 g/mol. The van der Waals surface area contributed by atoms with Gasteiger partial charge in [0.15, 0.2) is 5.69 Å². The van der Waals surface area contributed by atoms with Crippen LogP contribution in [0, 0.1) is 12.4 Å². The maximum atomic E-state index is 14.2. The van der Waals surface area contributed by atoms with Gasteiger partial charge in [0.1, 0.15) is 28.0 Å². The molecule has 0 spiro atoms. The van der Waals surface area contributed by atoms with Gasteiger partial charge in [-0.15, -0.1) is 11.3 Å². The van der Waals surface area contributed by atoms with Crippen LogP contribution >= 0.6 is 11.3 Å². The summed E-state index contributed by atoms with van der Waals surface area (Å²) >= 11 is 1.20. The molecule has 42 heavy (non-hydrogen) atoms. The zero-order valence-electron chi connectivity index (χ0n) is 22.9. The Bertz CT molecular complexity index is 1800. The van der Waals surface area contributed by atoms with E-state index in [2.05, 4.69) is 19.3 Å². The predicted octanol–water partition coefficient (Wildman–Crippen LogP) is 5.62. The molecular formula is C30H28FN7O3S. The van der Waals surface area contributed by atoms with E-state index >= 15 is 0 Å². The number of thiophene rings is 1. The van der Waals surface area contributed by atoms with E-state index in [9.17, 15) is 14.3 Å². The number of aryl methyl sites for hydroxylation is 1. The Labute approximate surface area is 245 Å². The van der Waals surface area contributed by atoms with Crippen LogP contribution in [0.3, 0.4) is 0 Å². The van der Waals surface area contributed by atoms with Gasteiger partial charge in [-0.05, 0) is 44.1 Å². The lowest BCUT2D eigenvalue weighted by Crippen LogP contribution is -2.33. The maximum absolute atomic E-state index is 14.2. The molecule has 1 aromatic carbocycles. The number of piperidine rings is 1. The number of aromatic carboxylic acids is 1. The minimum atomic E-state index is -0.945. The molecule has 1 N–H and O–H groups in total. The molecule has 10 nitrogen and oxygen atoms in total. The van der Waals surface area contributed by atoms with Crippen molar-refractivity contribution in [3.8, 4) is 5.88 Å². The van der Waals surface area contributed by atoms with Gasteiger partial charge < -0.3 is 19.0 Å². The average Bonchev–Trinajstić information content (AvgIpc) is 3.68. The Hall–Kier alpha value is -4.60. The number of hydrogen-bond donors (Lipinski definition) is 1. The van der Waals surface area contributed by atoms with Crippen LogP contribution in [0.2, 0.25) is 0 Å². The fourth-order valence-electron chi connectivity index (χ4n) is 5.26. The molecule has 0 amide bonds. The molecule has 5 heterocycles. The molecule has 6 rings (SSSR count). The molecule has 1 aliphatic rings. The number of imidazole rings is 2. The number of rotatable bonds is 9. The second kappa shape index (κ2) is 11.7. The zero-order chi connectivity index (χ0) is 29.2. The third-order valence-corrected chi connectivity index (χ3v) is 8.64. The van der Waals surface area contributed by atoms with Crippen molar-refractivity contribution in [2.45, 2.75) is 38.5 Å². The molecule has 0 aliphatic carbocycles. The van der Waals surface area contributed by atoms with Crippen molar-refractivity contribution >= 4 is 33.3 Å². The first-order valence-corrected chi connectivity index (χ1v) is 14.3. The molecule has 214 valence electrons. The Balaban J connectivity index is 1.11. The fourth-order valence-corrected chi connectivity index (χ4v) is 6.15. The lowest BCUT2D eigenvalue weighted by Gasteiger charge is -2.31. The first-order chi connectivity index (χ1) is 20.4. The molecule has 1 fully saturated rings. The number of hydrogen-bond acceptors (Lipinski definition) is 7. The summed E-state index contributed by atoms with van der Waals surface area (Å²) < 4.78 is 24.1. The molecule has 0 atom stereocenters. The number of carbonyl (C=O) groups is 1. The monoisotopic (exact) mass is 585 g/mol. The quantitative estimate of drug-likeness (QED) is 0.224. The molecule has 5 aromatic rings. The lowest BCUT2D eigenvalue weighted by atomic mass is 9.93. The molecule has 0 unspecified atom stereocenters. The molecule has 0 saturated carbocycles. The van der Waals surface area contributed by atoms with Gasteiger partial charge >= 0.3 is 5.97 Å². The number of likely N-dealkylation sites (tertiary alicyclic amines) is 1. The zero-order valence-corrected chi connectivity index (χ0v) is 23.7. The Morgan fingerprint density at radius 2 is 2.02 bits per heavy atom. The minimum Gasteiger partial charge on any atom is -0.477 e. The molecule has 1 saturated heterocycles. The van der Waals surface area contributed by atoms with Crippen LogP contribution in [0.1, 0.15) is 51.2 Å². The van der Waals surface area contributed by atoms with Crippen LogP contribution in [-0.4, -0.2) is 53.2 Å². The highest BCUT2D eigenvalue weighted by Crippen LogP contribution is 2.31. The molecule has 1 aliphatic heterocycles. The van der Waals surface area contributed by atoms with Crippen molar-refractivity contribution < 1.29 is 19.0 Å². The summed E-state index contributed by atoms with van der Waals surface area (Å²) in [5, 5.41) is 9.49. The van der Waals surface area contributed by atoms with Gasteiger partial charge in [0.2, 0.25) is 5.88 Å². The number of carboxylic acid groups (broad SMARTS) is 1. The number of benzene rings is 1. The number of ether oxygens (including phenoxy) is 1. The maximum Gasteiger partial charge on any atom is 0.346 e. The van der Waals surface area contributed by atoms with Crippen molar-refractivity contribution in [2.24, 2.45) is 7.05 Å². The fraction of sp³-hybridized carbons (Fsp3) is 0.300. The van der Waals surface area contributed by atoms with Crippen molar-refractivity contribution in [1.29, 1.82) is 0 Å². The Morgan fingerprint density at radius 3 is 2.74 bits per heavy atom. The van der Waals surface area contributed by atoms with E-state index in [0.29, 0.717) is 24.5 Å². The summed E-state index contributed by atoms with van der Waals surface area (Å²) in [5.74, 6) is 0.212. The number of aromatic nitrogens is 5. The van der Waals surface area contributed by atoms with Crippen molar-refractivity contribution in [2.75, 3.05) is 13.1 Å².